The van der Waals surface area contributed by atoms with Crippen molar-refractivity contribution in [3.05, 3.63) is 0 Å². The molecule has 2 saturated heterocycles. The van der Waals surface area contributed by atoms with E-state index in [0.717, 1.165) is 26.2 Å². The van der Waals surface area contributed by atoms with Crippen molar-refractivity contribution in [3.63, 3.8) is 0 Å². The van der Waals surface area contributed by atoms with E-state index >= 15 is 0 Å². The second kappa shape index (κ2) is 4.69. The van der Waals surface area contributed by atoms with E-state index in [2.05, 4.69) is 22.6 Å². The fourth-order valence-corrected chi connectivity index (χ4v) is 2.02. The molecule has 0 radical (unpaired) electrons. The van der Waals surface area contributed by atoms with Crippen molar-refractivity contribution in [2.45, 2.75) is 12.5 Å². The van der Waals surface area contributed by atoms with Gasteiger partial charge in [-0.3, -0.25) is 4.79 Å². The molecule has 0 aromatic rings. The number of urea groups is 1. The van der Waals surface area contributed by atoms with Gasteiger partial charge in [-0.2, -0.15) is 0 Å². The molecule has 16 heavy (non-hydrogen) atoms. The van der Waals surface area contributed by atoms with Gasteiger partial charge in [0.05, 0.1) is 6.04 Å². The lowest BCUT2D eigenvalue weighted by atomic mass is 10.2. The Morgan fingerprint density at radius 2 is 2.06 bits per heavy atom. The molecule has 0 aliphatic carbocycles. The van der Waals surface area contributed by atoms with Gasteiger partial charge in [0.2, 0.25) is 5.91 Å². The summed E-state index contributed by atoms with van der Waals surface area (Å²) in [5, 5.41) is 5.38. The van der Waals surface area contributed by atoms with Crippen LogP contribution in [0, 0.1) is 0 Å². The van der Waals surface area contributed by atoms with E-state index in [1.165, 1.54) is 0 Å². The van der Waals surface area contributed by atoms with Gasteiger partial charge in [0.15, 0.2) is 0 Å². The van der Waals surface area contributed by atoms with Crippen molar-refractivity contribution < 1.29 is 9.59 Å². The summed E-state index contributed by atoms with van der Waals surface area (Å²) in [7, 11) is 2.06. The first-order chi connectivity index (χ1) is 7.65. The van der Waals surface area contributed by atoms with Crippen LogP contribution in [0.1, 0.15) is 6.42 Å². The van der Waals surface area contributed by atoms with Crippen LogP contribution in [0.25, 0.3) is 0 Å². The molecule has 0 aromatic heterocycles. The number of rotatable bonds is 2. The first kappa shape index (κ1) is 11.2. The van der Waals surface area contributed by atoms with Gasteiger partial charge in [-0.25, -0.2) is 4.79 Å². The van der Waals surface area contributed by atoms with Gasteiger partial charge in [0, 0.05) is 39.1 Å². The lowest BCUT2D eigenvalue weighted by molar-refractivity contribution is -0.133. The Morgan fingerprint density at radius 1 is 1.38 bits per heavy atom. The molecule has 2 rings (SSSR count). The van der Waals surface area contributed by atoms with Gasteiger partial charge in [-0.1, -0.05) is 0 Å². The minimum absolute atomic E-state index is 0.0420. The van der Waals surface area contributed by atoms with Gasteiger partial charge < -0.3 is 20.4 Å². The molecule has 2 fully saturated rings. The summed E-state index contributed by atoms with van der Waals surface area (Å²) >= 11 is 0. The van der Waals surface area contributed by atoms with Crippen LogP contribution in [0.4, 0.5) is 4.79 Å². The average Bonchev–Trinajstić information content (AvgIpc) is 2.65. The van der Waals surface area contributed by atoms with Gasteiger partial charge in [0.25, 0.3) is 0 Å². The monoisotopic (exact) mass is 226 g/mol. The Bertz CT molecular complexity index is 287. The van der Waals surface area contributed by atoms with Crippen molar-refractivity contribution in [2.24, 2.45) is 0 Å². The minimum Gasteiger partial charge on any atom is -0.340 e. The third-order valence-corrected chi connectivity index (χ3v) is 3.12. The van der Waals surface area contributed by atoms with E-state index in [4.69, 9.17) is 0 Å². The van der Waals surface area contributed by atoms with Crippen LogP contribution in [-0.4, -0.2) is 67.6 Å². The van der Waals surface area contributed by atoms with Gasteiger partial charge >= 0.3 is 6.03 Å². The van der Waals surface area contributed by atoms with Crippen molar-refractivity contribution in [2.75, 3.05) is 39.8 Å². The van der Waals surface area contributed by atoms with Crippen LogP contribution in [0.15, 0.2) is 0 Å². The van der Waals surface area contributed by atoms with E-state index in [-0.39, 0.29) is 18.0 Å². The fourth-order valence-electron chi connectivity index (χ4n) is 2.02. The molecule has 0 bridgehead atoms. The molecule has 0 spiro atoms. The van der Waals surface area contributed by atoms with E-state index in [9.17, 15) is 9.59 Å². The third kappa shape index (κ3) is 2.63. The average molecular weight is 226 g/mol. The Hall–Kier alpha value is -1.30. The third-order valence-electron chi connectivity index (χ3n) is 3.12. The molecule has 6 nitrogen and oxygen atoms in total. The van der Waals surface area contributed by atoms with Gasteiger partial charge in [-0.15, -0.1) is 0 Å². The summed E-state index contributed by atoms with van der Waals surface area (Å²) < 4.78 is 0. The number of nitrogens with zero attached hydrogens (tertiary/aromatic N) is 2. The fraction of sp³-hybridized carbons (Fsp3) is 0.800. The molecule has 0 aromatic carbocycles. The maximum atomic E-state index is 11.9. The number of likely N-dealkylation sites (N-methyl/N-ethyl adjacent to an activating group) is 1. The zero-order valence-electron chi connectivity index (χ0n) is 9.53. The van der Waals surface area contributed by atoms with Crippen LogP contribution >= 0.6 is 0 Å². The first-order valence-corrected chi connectivity index (χ1v) is 5.66. The van der Waals surface area contributed by atoms with Crippen LogP contribution < -0.4 is 10.6 Å². The van der Waals surface area contributed by atoms with Crippen molar-refractivity contribution in [1.82, 2.24) is 20.4 Å². The first-order valence-electron chi connectivity index (χ1n) is 5.66. The topological polar surface area (TPSA) is 64.7 Å². The second-order valence-electron chi connectivity index (χ2n) is 4.44. The largest absolute Gasteiger partial charge is 0.340 e. The van der Waals surface area contributed by atoms with Crippen LogP contribution in [0.2, 0.25) is 0 Å². The Morgan fingerprint density at radius 3 is 2.62 bits per heavy atom. The Balaban J connectivity index is 1.77. The standard InChI is InChI=1S/C10H18N4O2/c1-13-2-4-14(5-3-13)9(15)6-8-7-11-10(16)12-8/h8H,2-7H2,1H3,(H2,11,12,16). The SMILES string of the molecule is CN1CCN(C(=O)CC2CNC(=O)N2)CC1. The lowest BCUT2D eigenvalue weighted by Crippen LogP contribution is -2.48. The molecule has 1 unspecified atom stereocenters. The second-order valence-corrected chi connectivity index (χ2v) is 4.44. The van der Waals surface area contributed by atoms with Crippen LogP contribution in [-0.2, 0) is 4.79 Å². The number of piperazine rings is 1. The number of carbonyl (C=O) groups is 2. The molecule has 2 heterocycles. The summed E-state index contributed by atoms with van der Waals surface area (Å²) in [4.78, 5) is 26.9. The highest BCUT2D eigenvalue weighted by Gasteiger charge is 2.26. The molecule has 90 valence electrons. The molecule has 2 N–H and O–H groups in total. The van der Waals surface area contributed by atoms with Gasteiger partial charge in [0.1, 0.15) is 0 Å². The predicted octanol–water partition coefficient (Wildman–Crippen LogP) is -1.17. The molecule has 2 aliphatic rings. The van der Waals surface area contributed by atoms with Crippen molar-refractivity contribution >= 4 is 11.9 Å². The Kier molecular flexibility index (Phi) is 3.28. The Labute approximate surface area is 95.0 Å². The minimum atomic E-state index is -0.170. The predicted molar refractivity (Wildman–Crippen MR) is 59.0 cm³/mol. The molecule has 2 aliphatic heterocycles. The number of carbonyl (C=O) groups excluding carboxylic acids is 2. The van der Waals surface area contributed by atoms with Crippen LogP contribution in [0.3, 0.4) is 0 Å². The van der Waals surface area contributed by atoms with Crippen molar-refractivity contribution in [1.29, 1.82) is 0 Å². The number of nitrogens with one attached hydrogen (secondary N) is 2. The van der Waals surface area contributed by atoms with E-state index < -0.39 is 0 Å². The lowest BCUT2D eigenvalue weighted by Gasteiger charge is -2.32. The van der Waals surface area contributed by atoms with E-state index in [0.29, 0.717) is 13.0 Å². The van der Waals surface area contributed by atoms with Crippen molar-refractivity contribution in [3.8, 4) is 0 Å². The van der Waals surface area contributed by atoms with Crippen LogP contribution in [0.5, 0.6) is 0 Å². The highest BCUT2D eigenvalue weighted by molar-refractivity contribution is 5.81. The molecular weight excluding hydrogens is 208 g/mol. The maximum Gasteiger partial charge on any atom is 0.315 e. The summed E-state index contributed by atoms with van der Waals surface area (Å²) in [6.45, 7) is 4.01. The molecule has 3 amide bonds. The summed E-state index contributed by atoms with van der Waals surface area (Å²) in [5.74, 6) is 0.141. The smallest absolute Gasteiger partial charge is 0.315 e. The van der Waals surface area contributed by atoms with E-state index in [1.807, 2.05) is 4.90 Å². The number of amides is 3. The quantitative estimate of drug-likeness (QED) is 0.624. The highest BCUT2D eigenvalue weighted by atomic mass is 16.2. The zero-order valence-corrected chi connectivity index (χ0v) is 9.53. The molecule has 0 saturated carbocycles. The van der Waals surface area contributed by atoms with E-state index in [1.54, 1.807) is 0 Å². The molecular formula is C10H18N4O2. The maximum absolute atomic E-state index is 11.9. The summed E-state index contributed by atoms with van der Waals surface area (Å²) in [5.41, 5.74) is 0. The number of hydrogen-bond donors (Lipinski definition) is 2. The van der Waals surface area contributed by atoms with Gasteiger partial charge in [-0.05, 0) is 7.05 Å². The molecule has 1 atom stereocenters. The molecule has 6 heteroatoms. The number of hydrogen-bond acceptors (Lipinski definition) is 3. The summed E-state index contributed by atoms with van der Waals surface area (Å²) in [6, 6.07) is -0.212. The normalized spacial score (nSPS) is 26.4. The zero-order chi connectivity index (χ0) is 11.5. The summed E-state index contributed by atoms with van der Waals surface area (Å²) in [6.07, 6.45) is 0.405. The highest BCUT2D eigenvalue weighted by Crippen LogP contribution is 2.05.